The van der Waals surface area contributed by atoms with Crippen LogP contribution in [0.5, 0.6) is 0 Å². The molecule has 0 aliphatic rings. The van der Waals surface area contributed by atoms with E-state index < -0.39 is 9.84 Å². The van der Waals surface area contributed by atoms with Gasteiger partial charge in [0.2, 0.25) is 21.6 Å². The van der Waals surface area contributed by atoms with Crippen molar-refractivity contribution in [2.75, 3.05) is 5.32 Å². The number of nitrogens with zero attached hydrogens (tertiary/aromatic N) is 2. The van der Waals surface area contributed by atoms with Crippen molar-refractivity contribution >= 4 is 37.4 Å². The number of rotatable bonds is 6. The SMILES string of the molecule is Cc1noc(CCC(=O)Nc2ccc(S(=O)(=O)c3ccc(Br)cc3)cc2)n1. The summed E-state index contributed by atoms with van der Waals surface area (Å²) in [6, 6.07) is 12.5. The highest BCUT2D eigenvalue weighted by molar-refractivity contribution is 9.10. The third-order valence-corrected chi connectivity index (χ3v) is 6.02. The number of sulfone groups is 1. The van der Waals surface area contributed by atoms with Gasteiger partial charge in [-0.25, -0.2) is 8.42 Å². The van der Waals surface area contributed by atoms with Crippen LogP contribution in [0.25, 0.3) is 0 Å². The Bertz CT molecular complexity index is 1040. The Morgan fingerprint density at radius 3 is 2.22 bits per heavy atom. The number of aryl methyl sites for hydroxylation is 2. The van der Waals surface area contributed by atoms with Crippen molar-refractivity contribution in [2.45, 2.75) is 29.6 Å². The van der Waals surface area contributed by atoms with Gasteiger partial charge in [0.05, 0.1) is 9.79 Å². The van der Waals surface area contributed by atoms with Crippen LogP contribution >= 0.6 is 15.9 Å². The van der Waals surface area contributed by atoms with E-state index in [0.29, 0.717) is 23.8 Å². The molecule has 3 aromatic rings. The van der Waals surface area contributed by atoms with Crippen molar-refractivity contribution in [3.05, 3.63) is 64.7 Å². The van der Waals surface area contributed by atoms with E-state index in [0.717, 1.165) is 4.47 Å². The van der Waals surface area contributed by atoms with Gasteiger partial charge in [-0.05, 0) is 55.5 Å². The smallest absolute Gasteiger partial charge is 0.227 e. The lowest BCUT2D eigenvalue weighted by molar-refractivity contribution is -0.116. The van der Waals surface area contributed by atoms with Gasteiger partial charge in [-0.15, -0.1) is 0 Å². The van der Waals surface area contributed by atoms with Crippen LogP contribution in [-0.2, 0) is 21.1 Å². The zero-order valence-electron chi connectivity index (χ0n) is 14.3. The normalized spacial score (nSPS) is 11.3. The number of hydrogen-bond acceptors (Lipinski definition) is 6. The molecule has 27 heavy (non-hydrogen) atoms. The Hall–Kier alpha value is -2.52. The lowest BCUT2D eigenvalue weighted by Crippen LogP contribution is -2.12. The van der Waals surface area contributed by atoms with Crippen LogP contribution in [0, 0.1) is 6.92 Å². The van der Waals surface area contributed by atoms with Crippen molar-refractivity contribution in [3.8, 4) is 0 Å². The summed E-state index contributed by atoms with van der Waals surface area (Å²) in [6.45, 7) is 1.71. The maximum absolute atomic E-state index is 12.6. The number of nitrogens with one attached hydrogen (secondary N) is 1. The van der Waals surface area contributed by atoms with E-state index in [1.807, 2.05) is 0 Å². The molecule has 0 aliphatic heterocycles. The fourth-order valence-electron chi connectivity index (χ4n) is 2.35. The molecule has 0 unspecified atom stereocenters. The van der Waals surface area contributed by atoms with Gasteiger partial charge in [-0.3, -0.25) is 4.79 Å². The average molecular weight is 450 g/mol. The molecule has 1 N–H and O–H groups in total. The Morgan fingerprint density at radius 1 is 1.07 bits per heavy atom. The van der Waals surface area contributed by atoms with Crippen LogP contribution in [0.3, 0.4) is 0 Å². The van der Waals surface area contributed by atoms with Crippen molar-refractivity contribution < 1.29 is 17.7 Å². The topological polar surface area (TPSA) is 102 Å². The zero-order chi connectivity index (χ0) is 19.4. The highest BCUT2D eigenvalue weighted by Gasteiger charge is 2.17. The van der Waals surface area contributed by atoms with Crippen molar-refractivity contribution in [3.63, 3.8) is 0 Å². The summed E-state index contributed by atoms with van der Waals surface area (Å²) in [7, 11) is -3.61. The first kappa shape index (κ1) is 19.2. The van der Waals surface area contributed by atoms with Gasteiger partial charge >= 0.3 is 0 Å². The molecular weight excluding hydrogens is 434 g/mol. The second kappa shape index (κ2) is 8.01. The van der Waals surface area contributed by atoms with Gasteiger partial charge in [0, 0.05) is 23.0 Å². The van der Waals surface area contributed by atoms with Crippen molar-refractivity contribution in [1.29, 1.82) is 0 Å². The molecule has 1 amide bonds. The van der Waals surface area contributed by atoms with Crippen molar-refractivity contribution in [1.82, 2.24) is 10.1 Å². The quantitative estimate of drug-likeness (QED) is 0.617. The van der Waals surface area contributed by atoms with Gasteiger partial charge in [0.15, 0.2) is 5.82 Å². The third-order valence-electron chi connectivity index (χ3n) is 3.71. The molecule has 0 fully saturated rings. The number of hydrogen-bond donors (Lipinski definition) is 1. The summed E-state index contributed by atoms with van der Waals surface area (Å²) in [5.41, 5.74) is 0.511. The standard InChI is InChI=1S/C18H16BrN3O4S/c1-12-20-18(26-22-12)11-10-17(23)21-14-4-8-16(9-5-14)27(24,25)15-6-2-13(19)3-7-15/h2-9H,10-11H2,1H3,(H,21,23). The summed E-state index contributed by atoms with van der Waals surface area (Å²) in [6.07, 6.45) is 0.517. The Kier molecular flexibility index (Phi) is 5.71. The molecule has 0 spiro atoms. The van der Waals surface area contributed by atoms with E-state index in [2.05, 4.69) is 31.4 Å². The molecule has 0 saturated heterocycles. The van der Waals surface area contributed by atoms with Crippen LogP contribution in [0.2, 0.25) is 0 Å². The predicted octanol–water partition coefficient (Wildman–Crippen LogP) is 3.54. The van der Waals surface area contributed by atoms with E-state index >= 15 is 0 Å². The molecule has 140 valence electrons. The number of aromatic nitrogens is 2. The Morgan fingerprint density at radius 2 is 1.67 bits per heavy atom. The number of carbonyl (C=O) groups excluding carboxylic acids is 1. The number of anilines is 1. The van der Waals surface area contributed by atoms with Gasteiger partial charge in [0.1, 0.15) is 0 Å². The van der Waals surface area contributed by atoms with Gasteiger partial charge in [-0.2, -0.15) is 4.98 Å². The molecular formula is C18H16BrN3O4S. The van der Waals surface area contributed by atoms with Crippen LogP contribution in [0.4, 0.5) is 5.69 Å². The van der Waals surface area contributed by atoms with Crippen LogP contribution in [0.1, 0.15) is 18.1 Å². The van der Waals surface area contributed by atoms with E-state index in [1.54, 1.807) is 31.2 Å². The number of amides is 1. The first-order valence-corrected chi connectivity index (χ1v) is 10.3. The van der Waals surface area contributed by atoms with Gasteiger partial charge in [-0.1, -0.05) is 21.1 Å². The highest BCUT2D eigenvalue weighted by atomic mass is 79.9. The van der Waals surface area contributed by atoms with Crippen LogP contribution < -0.4 is 5.32 Å². The van der Waals surface area contributed by atoms with Crippen LogP contribution in [0.15, 0.2) is 67.3 Å². The molecule has 0 bridgehead atoms. The second-order valence-corrected chi connectivity index (χ2v) is 8.63. The third kappa shape index (κ3) is 4.81. The molecule has 1 heterocycles. The second-order valence-electron chi connectivity index (χ2n) is 5.77. The maximum atomic E-state index is 12.6. The fourth-order valence-corrected chi connectivity index (χ4v) is 3.88. The van der Waals surface area contributed by atoms with E-state index in [9.17, 15) is 13.2 Å². The van der Waals surface area contributed by atoms with Crippen molar-refractivity contribution in [2.24, 2.45) is 0 Å². The molecule has 2 aromatic carbocycles. The Labute approximate surface area is 164 Å². The van der Waals surface area contributed by atoms with E-state index in [-0.39, 0.29) is 22.1 Å². The Balaban J connectivity index is 1.64. The van der Waals surface area contributed by atoms with E-state index in [4.69, 9.17) is 4.52 Å². The summed E-state index contributed by atoms with van der Waals surface area (Å²) in [5, 5.41) is 6.38. The minimum Gasteiger partial charge on any atom is -0.339 e. The van der Waals surface area contributed by atoms with Gasteiger partial charge < -0.3 is 9.84 Å². The van der Waals surface area contributed by atoms with E-state index in [1.165, 1.54) is 24.3 Å². The summed E-state index contributed by atoms with van der Waals surface area (Å²) in [5.74, 6) is 0.695. The number of carbonyl (C=O) groups is 1. The highest BCUT2D eigenvalue weighted by Crippen LogP contribution is 2.24. The predicted molar refractivity (Wildman–Crippen MR) is 102 cm³/mol. The lowest BCUT2D eigenvalue weighted by Gasteiger charge is -2.07. The monoisotopic (exact) mass is 449 g/mol. The summed E-state index contributed by atoms with van der Waals surface area (Å²) in [4.78, 5) is 16.4. The molecule has 0 radical (unpaired) electrons. The van der Waals surface area contributed by atoms with Crippen LogP contribution in [-0.4, -0.2) is 24.5 Å². The summed E-state index contributed by atoms with van der Waals surface area (Å²) < 4.78 is 31.0. The summed E-state index contributed by atoms with van der Waals surface area (Å²) >= 11 is 3.28. The molecule has 9 heteroatoms. The molecule has 0 atom stereocenters. The molecule has 1 aromatic heterocycles. The lowest BCUT2D eigenvalue weighted by atomic mass is 10.2. The minimum absolute atomic E-state index is 0.157. The minimum atomic E-state index is -3.61. The fraction of sp³-hybridized carbons (Fsp3) is 0.167. The van der Waals surface area contributed by atoms with Gasteiger partial charge in [0.25, 0.3) is 0 Å². The number of benzene rings is 2. The maximum Gasteiger partial charge on any atom is 0.227 e. The first-order valence-electron chi connectivity index (χ1n) is 8.04. The molecule has 0 saturated carbocycles. The first-order chi connectivity index (χ1) is 12.8. The average Bonchev–Trinajstić information content (AvgIpc) is 3.06. The largest absolute Gasteiger partial charge is 0.339 e. The number of halogens is 1. The molecule has 0 aliphatic carbocycles. The molecule has 3 rings (SSSR count). The zero-order valence-corrected chi connectivity index (χ0v) is 16.7. The molecule has 7 nitrogen and oxygen atoms in total.